The number of carbonyl (C=O) groups excluding carboxylic acids is 6. The molecule has 0 saturated carbocycles. The number of hydrogen-bond donors (Lipinski definition) is 2. The van der Waals surface area contributed by atoms with E-state index in [2.05, 4.69) is 15.6 Å². The predicted molar refractivity (Wildman–Crippen MR) is 126 cm³/mol. The van der Waals surface area contributed by atoms with Gasteiger partial charge in [-0.2, -0.15) is 0 Å². The zero-order valence-electron chi connectivity index (χ0n) is 19.0. The molecule has 4 rings (SSSR count). The van der Waals surface area contributed by atoms with Gasteiger partial charge in [0.05, 0.1) is 18.9 Å². The second-order valence-electron chi connectivity index (χ2n) is 7.75. The van der Waals surface area contributed by atoms with Crippen LogP contribution in [-0.4, -0.2) is 78.9 Å². The second-order valence-corrected chi connectivity index (χ2v) is 7.75. The number of esters is 2. The summed E-state index contributed by atoms with van der Waals surface area (Å²) in [6.45, 7) is 4.63. The van der Waals surface area contributed by atoms with Gasteiger partial charge >= 0.3 is 11.9 Å². The van der Waals surface area contributed by atoms with Gasteiger partial charge in [-0.05, 0) is 39.5 Å². The Labute approximate surface area is 208 Å². The normalized spacial score (nSPS) is 23.2. The third-order valence-corrected chi connectivity index (χ3v) is 5.29. The molecule has 191 valence electrons. The number of ether oxygens (including phenoxy) is 1. The molecular formula is C21H35BClN4O7. The summed E-state index contributed by atoms with van der Waals surface area (Å²) in [6, 6.07) is -0.366. The Hall–Kier alpha value is -2.31. The molecule has 2 N–H and O–H groups in total. The van der Waals surface area contributed by atoms with Crippen LogP contribution < -0.4 is 10.9 Å². The van der Waals surface area contributed by atoms with Crippen LogP contribution in [0.15, 0.2) is 0 Å². The van der Waals surface area contributed by atoms with Crippen molar-refractivity contribution in [1.82, 2.24) is 20.9 Å². The van der Waals surface area contributed by atoms with E-state index in [9.17, 15) is 28.8 Å². The number of nitrogens with one attached hydrogen (secondary N) is 2. The zero-order chi connectivity index (χ0) is 23.0. The Morgan fingerprint density at radius 3 is 1.88 bits per heavy atom. The summed E-state index contributed by atoms with van der Waals surface area (Å²) in [5.74, 6) is -0.755. The second kappa shape index (κ2) is 16.3. The molecule has 0 aromatic rings. The van der Waals surface area contributed by atoms with Crippen LogP contribution >= 0.6 is 12.4 Å². The Balaban J connectivity index is 0. The lowest BCUT2D eigenvalue weighted by molar-refractivity contribution is -0.183. The topological polar surface area (TPSA) is 142 Å². The van der Waals surface area contributed by atoms with E-state index in [4.69, 9.17) is 0 Å². The first kappa shape index (κ1) is 33.9. The van der Waals surface area contributed by atoms with Crippen LogP contribution in [0.2, 0.25) is 0 Å². The summed E-state index contributed by atoms with van der Waals surface area (Å²) in [5.41, 5.74) is 5.86. The van der Waals surface area contributed by atoms with E-state index in [1.807, 2.05) is 0 Å². The number of fused-ring (bicyclic) bond motifs is 1. The van der Waals surface area contributed by atoms with Crippen molar-refractivity contribution in [2.24, 2.45) is 0 Å². The first-order valence-corrected chi connectivity index (χ1v) is 10.6. The highest BCUT2D eigenvalue weighted by atomic mass is 35.5. The Kier molecular flexibility index (Phi) is 16.3. The standard InChI is InChI=1S/C10H14N2O3.C6H12N2O.C4H4O3.CH4.B.ClH/c1-7(13)8-3-2-6-11-9(14)4-5-10(15)12(8)11;1-5(9)6-3-2-4-7-8-6;5-3-1-2-4(6)7-3;;;/h8H,2-6H2,1H3;6-8H,2-4H2,1H3;1-2H2;1H4;;1H. The van der Waals surface area contributed by atoms with E-state index in [1.165, 1.54) is 16.9 Å². The quantitative estimate of drug-likeness (QED) is 0.313. The maximum Gasteiger partial charge on any atom is 0.314 e. The van der Waals surface area contributed by atoms with E-state index in [1.54, 1.807) is 6.92 Å². The maximum atomic E-state index is 11.7. The fourth-order valence-electron chi connectivity index (χ4n) is 3.62. The van der Waals surface area contributed by atoms with E-state index in [0.717, 1.165) is 25.8 Å². The lowest BCUT2D eigenvalue weighted by Gasteiger charge is -2.45. The number of rotatable bonds is 2. The van der Waals surface area contributed by atoms with Crippen LogP contribution in [0.4, 0.5) is 0 Å². The van der Waals surface area contributed by atoms with E-state index in [0.29, 0.717) is 13.0 Å². The summed E-state index contributed by atoms with van der Waals surface area (Å²) >= 11 is 0. The first-order chi connectivity index (χ1) is 14.7. The minimum absolute atomic E-state index is 0. The van der Waals surface area contributed by atoms with Crippen LogP contribution in [0, 0.1) is 0 Å². The summed E-state index contributed by atoms with van der Waals surface area (Å²) < 4.78 is 4.08. The number of ketones is 2. The number of hydrogen-bond acceptors (Lipinski definition) is 9. The maximum absolute atomic E-state index is 11.7. The van der Waals surface area contributed by atoms with Crippen molar-refractivity contribution >= 4 is 56.1 Å². The van der Waals surface area contributed by atoms with Gasteiger partial charge in [-0.1, -0.05) is 7.43 Å². The molecule has 2 unspecified atom stereocenters. The van der Waals surface area contributed by atoms with Gasteiger partial charge in [-0.3, -0.25) is 39.2 Å². The monoisotopic (exact) mass is 501 g/mol. The number of amides is 2. The minimum atomic E-state index is -0.421. The molecule has 4 aliphatic rings. The highest BCUT2D eigenvalue weighted by Gasteiger charge is 2.40. The minimum Gasteiger partial charge on any atom is -0.393 e. The van der Waals surface area contributed by atoms with Crippen LogP contribution in [0.5, 0.6) is 0 Å². The molecule has 0 aromatic heterocycles. The van der Waals surface area contributed by atoms with Crippen molar-refractivity contribution in [3.63, 3.8) is 0 Å². The van der Waals surface area contributed by atoms with Gasteiger partial charge < -0.3 is 4.74 Å². The van der Waals surface area contributed by atoms with Gasteiger partial charge in [-0.25, -0.2) is 10.4 Å². The molecule has 0 aromatic carbocycles. The van der Waals surface area contributed by atoms with Crippen molar-refractivity contribution in [2.75, 3.05) is 13.1 Å². The Bertz CT molecular complexity index is 727. The number of hydrazine groups is 2. The number of nitrogens with zero attached hydrogens (tertiary/aromatic N) is 2. The lowest BCUT2D eigenvalue weighted by atomic mass is 10.0. The van der Waals surface area contributed by atoms with E-state index in [-0.39, 0.29) is 83.4 Å². The fraction of sp³-hybridized carbons (Fsp3) is 0.714. The average Bonchev–Trinajstić information content (AvgIpc) is 3.14. The summed E-state index contributed by atoms with van der Waals surface area (Å²) in [5, 5.41) is 2.82. The third kappa shape index (κ3) is 9.90. The van der Waals surface area contributed by atoms with Gasteiger partial charge in [0.25, 0.3) is 0 Å². The SMILES string of the molecule is C.CC(=O)C1CCCN2C(=O)CCC(=O)N12.CC(=O)C1CCCNN1.Cl.O=C1CCC(=O)O1.[B]. The zero-order valence-corrected chi connectivity index (χ0v) is 19.8. The smallest absolute Gasteiger partial charge is 0.314 e. The average molecular weight is 502 g/mol. The van der Waals surface area contributed by atoms with Gasteiger partial charge in [0.15, 0.2) is 5.78 Å². The van der Waals surface area contributed by atoms with Gasteiger partial charge in [0, 0.05) is 34.3 Å². The van der Waals surface area contributed by atoms with Gasteiger partial charge in [0.2, 0.25) is 11.8 Å². The molecule has 4 fully saturated rings. The highest BCUT2D eigenvalue weighted by molar-refractivity contribution is 5.94. The van der Waals surface area contributed by atoms with Gasteiger partial charge in [0.1, 0.15) is 11.8 Å². The number of Topliss-reactive ketones (excluding diaryl/α,β-unsaturated/α-hetero) is 2. The molecular weight excluding hydrogens is 467 g/mol. The summed E-state index contributed by atoms with van der Waals surface area (Å²) in [6.07, 6.45) is 4.57. The summed E-state index contributed by atoms with van der Waals surface area (Å²) in [7, 11) is 0. The van der Waals surface area contributed by atoms with Crippen LogP contribution in [0.3, 0.4) is 0 Å². The number of halogens is 1. The van der Waals surface area contributed by atoms with Crippen molar-refractivity contribution in [1.29, 1.82) is 0 Å². The van der Waals surface area contributed by atoms with Crippen molar-refractivity contribution in [3.05, 3.63) is 0 Å². The molecule has 0 aliphatic carbocycles. The van der Waals surface area contributed by atoms with Crippen LogP contribution in [-0.2, 0) is 33.5 Å². The molecule has 2 amide bonds. The molecule has 2 atom stereocenters. The van der Waals surface area contributed by atoms with Crippen molar-refractivity contribution in [2.45, 2.75) is 84.7 Å². The predicted octanol–water partition coefficient (Wildman–Crippen LogP) is 0.463. The van der Waals surface area contributed by atoms with Crippen molar-refractivity contribution in [3.8, 4) is 0 Å². The van der Waals surface area contributed by atoms with Gasteiger partial charge in [-0.15, -0.1) is 12.4 Å². The fourth-order valence-corrected chi connectivity index (χ4v) is 3.62. The third-order valence-electron chi connectivity index (χ3n) is 5.29. The molecule has 34 heavy (non-hydrogen) atoms. The highest BCUT2D eigenvalue weighted by Crippen LogP contribution is 2.25. The molecule has 4 saturated heterocycles. The van der Waals surface area contributed by atoms with E-state index >= 15 is 0 Å². The van der Waals surface area contributed by atoms with Crippen molar-refractivity contribution < 1.29 is 33.5 Å². The molecule has 0 bridgehead atoms. The lowest BCUT2D eigenvalue weighted by Crippen LogP contribution is -2.62. The van der Waals surface area contributed by atoms with Crippen LogP contribution in [0.25, 0.3) is 0 Å². The molecule has 13 heteroatoms. The number of cyclic esters (lactones) is 2. The van der Waals surface area contributed by atoms with E-state index < -0.39 is 18.0 Å². The molecule has 0 spiro atoms. The molecule has 3 radical (unpaired) electrons. The molecule has 4 aliphatic heterocycles. The first-order valence-electron chi connectivity index (χ1n) is 10.6. The van der Waals surface area contributed by atoms with Crippen LogP contribution in [0.1, 0.15) is 72.6 Å². The Morgan fingerprint density at radius 1 is 0.882 bits per heavy atom. The molecule has 11 nitrogen and oxygen atoms in total. The number of carbonyl (C=O) groups is 6. The summed E-state index contributed by atoms with van der Waals surface area (Å²) in [4.78, 5) is 65.3. The molecule has 4 heterocycles. The Morgan fingerprint density at radius 2 is 1.47 bits per heavy atom. The largest absolute Gasteiger partial charge is 0.393 e.